The van der Waals surface area contributed by atoms with Gasteiger partial charge in [0.15, 0.2) is 5.82 Å². The molecule has 0 saturated carbocycles. The Labute approximate surface area is 308 Å². The fourth-order valence-electron chi connectivity index (χ4n) is 7.61. The first-order valence-electron chi connectivity index (χ1n) is 18.0. The Morgan fingerprint density at radius 1 is 0.321 bits per heavy atom. The molecule has 248 valence electrons. The van der Waals surface area contributed by atoms with E-state index in [1.165, 1.54) is 49.3 Å². The summed E-state index contributed by atoms with van der Waals surface area (Å²) in [6.07, 6.45) is 0. The Hall–Kier alpha value is -7.10. The van der Waals surface area contributed by atoms with Gasteiger partial charge in [-0.3, -0.25) is 0 Å². The minimum Gasteiger partial charge on any atom is -0.309 e. The van der Waals surface area contributed by atoms with Crippen LogP contribution in [0.2, 0.25) is 0 Å². The Balaban J connectivity index is 0.972. The Bertz CT molecular complexity index is 2800. The van der Waals surface area contributed by atoms with E-state index in [-0.39, 0.29) is 0 Å². The third-order valence-corrected chi connectivity index (χ3v) is 10.2. The average molecular weight is 676 g/mol. The van der Waals surface area contributed by atoms with Gasteiger partial charge in [-0.25, -0.2) is 9.97 Å². The lowest BCUT2D eigenvalue weighted by molar-refractivity contribution is 1.18. The molecule has 0 bridgehead atoms. The molecule has 2 aromatic heterocycles. The van der Waals surface area contributed by atoms with Crippen molar-refractivity contribution in [3.05, 3.63) is 200 Å². The zero-order chi connectivity index (χ0) is 35.1. The molecule has 0 N–H and O–H groups in total. The summed E-state index contributed by atoms with van der Waals surface area (Å²) in [4.78, 5) is 10.0. The van der Waals surface area contributed by atoms with Crippen molar-refractivity contribution in [3.8, 4) is 61.8 Å². The highest BCUT2D eigenvalue weighted by atomic mass is 15.0. The van der Waals surface area contributed by atoms with Crippen LogP contribution in [0.3, 0.4) is 0 Å². The molecule has 0 aliphatic heterocycles. The van der Waals surface area contributed by atoms with Gasteiger partial charge in [0.05, 0.1) is 22.4 Å². The number of nitrogens with zero attached hydrogens (tertiary/aromatic N) is 3. The van der Waals surface area contributed by atoms with E-state index >= 15 is 0 Å². The normalized spacial score (nSPS) is 11.4. The van der Waals surface area contributed by atoms with E-state index in [9.17, 15) is 0 Å². The maximum Gasteiger partial charge on any atom is 0.160 e. The number of rotatable bonds is 6. The highest BCUT2D eigenvalue weighted by Gasteiger charge is 2.14. The first-order chi connectivity index (χ1) is 26.3. The van der Waals surface area contributed by atoms with Gasteiger partial charge < -0.3 is 4.57 Å². The molecule has 10 rings (SSSR count). The summed E-state index contributed by atoms with van der Waals surface area (Å²) >= 11 is 0. The maximum atomic E-state index is 5.02. The first kappa shape index (κ1) is 30.7. The molecule has 0 saturated heterocycles. The van der Waals surface area contributed by atoms with E-state index in [0.717, 1.165) is 39.3 Å². The quantitative estimate of drug-likeness (QED) is 0.176. The number of benzene rings is 8. The molecule has 0 atom stereocenters. The highest BCUT2D eigenvalue weighted by molar-refractivity contribution is 6.09. The highest BCUT2D eigenvalue weighted by Crippen LogP contribution is 2.36. The van der Waals surface area contributed by atoms with Gasteiger partial charge in [0.1, 0.15) is 0 Å². The minimum atomic E-state index is 0.712. The predicted molar refractivity (Wildman–Crippen MR) is 221 cm³/mol. The summed E-state index contributed by atoms with van der Waals surface area (Å²) in [6.45, 7) is 0. The van der Waals surface area contributed by atoms with Gasteiger partial charge in [-0.05, 0) is 69.4 Å². The molecule has 0 unspecified atom stereocenters. The molecule has 0 fully saturated rings. The van der Waals surface area contributed by atoms with Gasteiger partial charge in [-0.15, -0.1) is 0 Å². The Morgan fingerprint density at radius 2 is 0.849 bits per heavy atom. The SMILES string of the molecule is c1ccc(-c2cc(-c3ccccc3)nc(-c3ccc(-c4cccc5cc(-c6ccc(-n7c8ccccc8c8ccccc87)cc6)ccc45)cc3)n2)cc1. The monoisotopic (exact) mass is 675 g/mol. The summed E-state index contributed by atoms with van der Waals surface area (Å²) in [6, 6.07) is 71.0. The van der Waals surface area contributed by atoms with Crippen LogP contribution in [0.1, 0.15) is 0 Å². The molecular formula is C50H33N3. The van der Waals surface area contributed by atoms with Gasteiger partial charge in [-0.2, -0.15) is 0 Å². The van der Waals surface area contributed by atoms with Crippen molar-refractivity contribution in [1.29, 1.82) is 0 Å². The lowest BCUT2D eigenvalue weighted by Crippen LogP contribution is -1.96. The number of hydrogen-bond donors (Lipinski definition) is 0. The van der Waals surface area contributed by atoms with Crippen LogP contribution < -0.4 is 0 Å². The standard InChI is InChI=1S/C50H33N3/c1-3-12-36(13-4-1)46-33-47(37-14-5-2-6-15-37)52-50(51-46)38-24-22-35(23-25-38)42-19-11-16-40-32-39(28-31-43(40)42)34-26-29-41(30-27-34)53-48-20-9-7-17-44(48)45-18-8-10-21-49(45)53/h1-33H. The topological polar surface area (TPSA) is 30.7 Å². The van der Waals surface area contributed by atoms with Crippen molar-refractivity contribution >= 4 is 32.6 Å². The zero-order valence-corrected chi connectivity index (χ0v) is 28.9. The summed E-state index contributed by atoms with van der Waals surface area (Å²) in [5, 5.41) is 4.98. The van der Waals surface area contributed by atoms with Crippen LogP contribution in [0.4, 0.5) is 0 Å². The van der Waals surface area contributed by atoms with Gasteiger partial charge in [0.25, 0.3) is 0 Å². The predicted octanol–water partition coefficient (Wildman–Crippen LogP) is 13.1. The number of para-hydroxylation sites is 2. The second kappa shape index (κ2) is 12.9. The van der Waals surface area contributed by atoms with Crippen LogP contribution in [0.25, 0.3) is 94.4 Å². The van der Waals surface area contributed by atoms with Gasteiger partial charge in [0, 0.05) is 33.2 Å². The average Bonchev–Trinajstić information content (AvgIpc) is 3.58. The molecule has 3 heteroatoms. The van der Waals surface area contributed by atoms with E-state index < -0.39 is 0 Å². The van der Waals surface area contributed by atoms with Crippen molar-refractivity contribution < 1.29 is 0 Å². The summed E-state index contributed by atoms with van der Waals surface area (Å²) in [7, 11) is 0. The second-order valence-corrected chi connectivity index (χ2v) is 13.4. The molecule has 0 amide bonds. The molecule has 10 aromatic rings. The molecule has 0 radical (unpaired) electrons. The van der Waals surface area contributed by atoms with Gasteiger partial charge in [-0.1, -0.05) is 164 Å². The minimum absolute atomic E-state index is 0.712. The zero-order valence-electron chi connectivity index (χ0n) is 28.9. The smallest absolute Gasteiger partial charge is 0.160 e. The van der Waals surface area contributed by atoms with Crippen molar-refractivity contribution in [2.75, 3.05) is 0 Å². The molecule has 8 aromatic carbocycles. The van der Waals surface area contributed by atoms with E-state index in [1.807, 2.05) is 36.4 Å². The Kier molecular flexibility index (Phi) is 7.47. The van der Waals surface area contributed by atoms with E-state index in [1.54, 1.807) is 0 Å². The van der Waals surface area contributed by atoms with Crippen LogP contribution in [0.5, 0.6) is 0 Å². The van der Waals surface area contributed by atoms with E-state index in [4.69, 9.17) is 9.97 Å². The number of fused-ring (bicyclic) bond motifs is 4. The van der Waals surface area contributed by atoms with Crippen LogP contribution in [0, 0.1) is 0 Å². The molecule has 2 heterocycles. The van der Waals surface area contributed by atoms with Crippen LogP contribution in [0.15, 0.2) is 200 Å². The fourth-order valence-corrected chi connectivity index (χ4v) is 7.61. The fraction of sp³-hybridized carbons (Fsp3) is 0. The third-order valence-electron chi connectivity index (χ3n) is 10.2. The molecule has 53 heavy (non-hydrogen) atoms. The molecule has 3 nitrogen and oxygen atoms in total. The summed E-state index contributed by atoms with van der Waals surface area (Å²) < 4.78 is 2.36. The lowest BCUT2D eigenvalue weighted by Gasteiger charge is -2.12. The molecule has 0 spiro atoms. The lowest BCUT2D eigenvalue weighted by atomic mass is 9.94. The Morgan fingerprint density at radius 3 is 1.47 bits per heavy atom. The molecule has 0 aliphatic carbocycles. The maximum absolute atomic E-state index is 5.02. The molecule has 0 aliphatic rings. The first-order valence-corrected chi connectivity index (χ1v) is 18.0. The number of hydrogen-bond acceptors (Lipinski definition) is 2. The van der Waals surface area contributed by atoms with Gasteiger partial charge >= 0.3 is 0 Å². The van der Waals surface area contributed by atoms with Gasteiger partial charge in [0.2, 0.25) is 0 Å². The number of aromatic nitrogens is 3. The van der Waals surface area contributed by atoms with Crippen molar-refractivity contribution in [2.24, 2.45) is 0 Å². The second-order valence-electron chi connectivity index (χ2n) is 13.4. The van der Waals surface area contributed by atoms with Crippen LogP contribution in [-0.2, 0) is 0 Å². The van der Waals surface area contributed by atoms with Crippen molar-refractivity contribution in [3.63, 3.8) is 0 Å². The largest absolute Gasteiger partial charge is 0.309 e. The third kappa shape index (κ3) is 5.56. The molecular weight excluding hydrogens is 643 g/mol. The van der Waals surface area contributed by atoms with Crippen LogP contribution >= 0.6 is 0 Å². The summed E-state index contributed by atoms with van der Waals surface area (Å²) in [5.41, 5.74) is 13.3. The van der Waals surface area contributed by atoms with E-state index in [2.05, 4.69) is 168 Å². The van der Waals surface area contributed by atoms with Crippen LogP contribution in [-0.4, -0.2) is 14.5 Å². The van der Waals surface area contributed by atoms with Crippen molar-refractivity contribution in [2.45, 2.75) is 0 Å². The van der Waals surface area contributed by atoms with E-state index in [0.29, 0.717) is 5.82 Å². The van der Waals surface area contributed by atoms with Crippen molar-refractivity contribution in [1.82, 2.24) is 14.5 Å². The summed E-state index contributed by atoms with van der Waals surface area (Å²) in [5.74, 6) is 0.712.